The van der Waals surface area contributed by atoms with Crippen molar-refractivity contribution in [3.63, 3.8) is 0 Å². The normalized spacial score (nSPS) is 10.5. The first-order valence-corrected chi connectivity index (χ1v) is 5.79. The van der Waals surface area contributed by atoms with Crippen LogP contribution in [-0.4, -0.2) is 21.0 Å². The summed E-state index contributed by atoms with van der Waals surface area (Å²) >= 11 is 0. The molecule has 0 unspecified atom stereocenters. The molecule has 3 rings (SSSR count). The third-order valence-electron chi connectivity index (χ3n) is 2.98. The summed E-state index contributed by atoms with van der Waals surface area (Å²) in [7, 11) is 0. The van der Waals surface area contributed by atoms with Crippen molar-refractivity contribution in [2.45, 2.75) is 0 Å². The maximum atomic E-state index is 11.3. The van der Waals surface area contributed by atoms with Crippen LogP contribution in [0.4, 0.5) is 0 Å². The Bertz CT molecular complexity index is 763. The SMILES string of the molecule is O=C(O)c1ncccc1-c1cccc2cnccc12. The van der Waals surface area contributed by atoms with E-state index >= 15 is 0 Å². The number of carbonyl (C=O) groups is 1. The van der Waals surface area contributed by atoms with Crippen LogP contribution in [0.2, 0.25) is 0 Å². The Morgan fingerprint density at radius 2 is 1.84 bits per heavy atom. The van der Waals surface area contributed by atoms with Gasteiger partial charge in [0.25, 0.3) is 0 Å². The zero-order valence-corrected chi connectivity index (χ0v) is 9.95. The molecule has 19 heavy (non-hydrogen) atoms. The van der Waals surface area contributed by atoms with Gasteiger partial charge in [0.1, 0.15) is 0 Å². The lowest BCUT2D eigenvalue weighted by molar-refractivity contribution is 0.0691. The van der Waals surface area contributed by atoms with Gasteiger partial charge in [0.15, 0.2) is 5.69 Å². The standard InChI is InChI=1S/C15H10N2O2/c18-15(19)14-13(5-2-7-17-14)12-4-1-3-10-9-16-8-6-11(10)12/h1-9H,(H,18,19). The Morgan fingerprint density at radius 1 is 1.00 bits per heavy atom. The van der Waals surface area contributed by atoms with Crippen molar-refractivity contribution in [1.82, 2.24) is 9.97 Å². The lowest BCUT2D eigenvalue weighted by Gasteiger charge is -2.08. The second-order valence-corrected chi connectivity index (χ2v) is 4.11. The Balaban J connectivity index is 2.34. The summed E-state index contributed by atoms with van der Waals surface area (Å²) in [6.45, 7) is 0. The van der Waals surface area contributed by atoms with Crippen molar-refractivity contribution in [1.29, 1.82) is 0 Å². The van der Waals surface area contributed by atoms with Crippen molar-refractivity contribution in [3.05, 3.63) is 60.7 Å². The van der Waals surface area contributed by atoms with E-state index < -0.39 is 5.97 Å². The predicted octanol–water partition coefficient (Wildman–Crippen LogP) is 3.00. The van der Waals surface area contributed by atoms with Gasteiger partial charge in [-0.3, -0.25) is 4.98 Å². The molecule has 2 aromatic heterocycles. The van der Waals surface area contributed by atoms with Crippen LogP contribution >= 0.6 is 0 Å². The number of carboxylic acid groups (broad SMARTS) is 1. The number of carboxylic acids is 1. The third-order valence-corrected chi connectivity index (χ3v) is 2.98. The van der Waals surface area contributed by atoms with E-state index in [1.165, 1.54) is 6.20 Å². The summed E-state index contributed by atoms with van der Waals surface area (Å²) in [5.74, 6) is -1.03. The largest absolute Gasteiger partial charge is 0.476 e. The summed E-state index contributed by atoms with van der Waals surface area (Å²) < 4.78 is 0. The fourth-order valence-corrected chi connectivity index (χ4v) is 2.15. The highest BCUT2D eigenvalue weighted by atomic mass is 16.4. The van der Waals surface area contributed by atoms with Gasteiger partial charge in [0, 0.05) is 29.5 Å². The van der Waals surface area contributed by atoms with E-state index in [0.717, 1.165) is 16.3 Å². The van der Waals surface area contributed by atoms with Crippen LogP contribution in [0.1, 0.15) is 10.5 Å². The highest BCUT2D eigenvalue weighted by Crippen LogP contribution is 2.29. The number of aromatic carboxylic acids is 1. The molecule has 4 heteroatoms. The number of hydrogen-bond acceptors (Lipinski definition) is 3. The monoisotopic (exact) mass is 250 g/mol. The van der Waals surface area contributed by atoms with Gasteiger partial charge in [0.2, 0.25) is 0 Å². The topological polar surface area (TPSA) is 63.1 Å². The van der Waals surface area contributed by atoms with Gasteiger partial charge in [-0.05, 0) is 23.1 Å². The second-order valence-electron chi connectivity index (χ2n) is 4.11. The van der Waals surface area contributed by atoms with Crippen LogP contribution in [0, 0.1) is 0 Å². The average molecular weight is 250 g/mol. The third kappa shape index (κ3) is 1.93. The van der Waals surface area contributed by atoms with E-state index in [4.69, 9.17) is 0 Å². The molecule has 3 aromatic rings. The highest BCUT2D eigenvalue weighted by Gasteiger charge is 2.14. The summed E-state index contributed by atoms with van der Waals surface area (Å²) in [5, 5.41) is 11.2. The minimum Gasteiger partial charge on any atom is -0.476 e. The van der Waals surface area contributed by atoms with E-state index in [9.17, 15) is 9.90 Å². The first kappa shape index (κ1) is 11.3. The van der Waals surface area contributed by atoms with Gasteiger partial charge in [-0.2, -0.15) is 0 Å². The average Bonchev–Trinajstić information content (AvgIpc) is 2.46. The lowest BCUT2D eigenvalue weighted by Crippen LogP contribution is -2.02. The fraction of sp³-hybridized carbons (Fsp3) is 0. The number of fused-ring (bicyclic) bond motifs is 1. The highest BCUT2D eigenvalue weighted by molar-refractivity contribution is 6.02. The van der Waals surface area contributed by atoms with E-state index in [0.29, 0.717) is 5.56 Å². The predicted molar refractivity (Wildman–Crippen MR) is 71.9 cm³/mol. The number of benzene rings is 1. The number of rotatable bonds is 2. The van der Waals surface area contributed by atoms with Gasteiger partial charge in [-0.1, -0.05) is 24.3 Å². The van der Waals surface area contributed by atoms with Crippen molar-refractivity contribution >= 4 is 16.7 Å². The number of nitrogens with zero attached hydrogens (tertiary/aromatic N) is 2. The van der Waals surface area contributed by atoms with Gasteiger partial charge >= 0.3 is 5.97 Å². The maximum absolute atomic E-state index is 11.3. The minimum atomic E-state index is -1.03. The van der Waals surface area contributed by atoms with E-state index in [1.54, 1.807) is 24.5 Å². The first-order valence-electron chi connectivity index (χ1n) is 5.79. The van der Waals surface area contributed by atoms with Gasteiger partial charge in [-0.15, -0.1) is 0 Å². The molecule has 0 bridgehead atoms. The maximum Gasteiger partial charge on any atom is 0.355 e. The molecule has 0 amide bonds. The Hall–Kier alpha value is -2.75. The van der Waals surface area contributed by atoms with Crippen LogP contribution in [0.5, 0.6) is 0 Å². The molecule has 2 heterocycles. The van der Waals surface area contributed by atoms with Crippen molar-refractivity contribution in [2.24, 2.45) is 0 Å². The second kappa shape index (κ2) is 4.49. The lowest BCUT2D eigenvalue weighted by atomic mass is 9.98. The van der Waals surface area contributed by atoms with Gasteiger partial charge in [-0.25, -0.2) is 9.78 Å². The molecule has 0 saturated carbocycles. The molecule has 0 aliphatic rings. The van der Waals surface area contributed by atoms with Crippen molar-refractivity contribution in [3.8, 4) is 11.1 Å². The molecule has 0 aliphatic carbocycles. The summed E-state index contributed by atoms with van der Waals surface area (Å²) in [6, 6.07) is 11.1. The molecule has 92 valence electrons. The van der Waals surface area contributed by atoms with E-state index in [2.05, 4.69) is 9.97 Å². The molecule has 0 aliphatic heterocycles. The number of hydrogen-bond donors (Lipinski definition) is 1. The molecule has 0 spiro atoms. The Kier molecular flexibility index (Phi) is 2.68. The molecule has 4 nitrogen and oxygen atoms in total. The van der Waals surface area contributed by atoms with Gasteiger partial charge in [0.05, 0.1) is 0 Å². The smallest absolute Gasteiger partial charge is 0.355 e. The summed E-state index contributed by atoms with van der Waals surface area (Å²) in [5.41, 5.74) is 1.53. The summed E-state index contributed by atoms with van der Waals surface area (Å²) in [6.07, 6.45) is 4.94. The van der Waals surface area contributed by atoms with Crippen LogP contribution in [0.3, 0.4) is 0 Å². The quantitative estimate of drug-likeness (QED) is 0.759. The zero-order chi connectivity index (χ0) is 13.2. The molecular weight excluding hydrogens is 240 g/mol. The number of pyridine rings is 2. The summed E-state index contributed by atoms with van der Waals surface area (Å²) in [4.78, 5) is 19.3. The first-order chi connectivity index (χ1) is 9.27. The van der Waals surface area contributed by atoms with Crippen LogP contribution in [-0.2, 0) is 0 Å². The van der Waals surface area contributed by atoms with Crippen LogP contribution < -0.4 is 0 Å². The van der Waals surface area contributed by atoms with Crippen LogP contribution in [0.15, 0.2) is 55.0 Å². The molecule has 0 radical (unpaired) electrons. The van der Waals surface area contributed by atoms with Crippen molar-refractivity contribution in [2.75, 3.05) is 0 Å². The number of aromatic nitrogens is 2. The zero-order valence-electron chi connectivity index (χ0n) is 9.95. The minimum absolute atomic E-state index is 0.0619. The molecule has 1 N–H and O–H groups in total. The fourth-order valence-electron chi connectivity index (χ4n) is 2.15. The van der Waals surface area contributed by atoms with E-state index in [1.807, 2.05) is 24.3 Å². The Morgan fingerprint density at radius 3 is 2.68 bits per heavy atom. The molecule has 0 fully saturated rings. The van der Waals surface area contributed by atoms with Gasteiger partial charge < -0.3 is 5.11 Å². The van der Waals surface area contributed by atoms with Crippen molar-refractivity contribution < 1.29 is 9.90 Å². The Labute approximate surface area is 109 Å². The molecule has 1 aromatic carbocycles. The molecule has 0 atom stereocenters. The van der Waals surface area contributed by atoms with Crippen LogP contribution in [0.25, 0.3) is 21.9 Å². The molecular formula is C15H10N2O2. The van der Waals surface area contributed by atoms with E-state index in [-0.39, 0.29) is 5.69 Å². The molecule has 0 saturated heterocycles.